The highest BCUT2D eigenvalue weighted by Crippen LogP contribution is 2.09. The third-order valence-corrected chi connectivity index (χ3v) is 1.84. The lowest BCUT2D eigenvalue weighted by Crippen LogP contribution is -2.10. The molecular formula is C9H16N2O. The summed E-state index contributed by atoms with van der Waals surface area (Å²) in [5, 5.41) is 4.21. The number of aromatic nitrogens is 2. The van der Waals surface area contributed by atoms with Crippen molar-refractivity contribution in [2.75, 3.05) is 0 Å². The lowest BCUT2D eigenvalue weighted by Gasteiger charge is -2.08. The van der Waals surface area contributed by atoms with Crippen LogP contribution < -0.4 is 4.74 Å². The zero-order valence-electron chi connectivity index (χ0n) is 7.95. The summed E-state index contributed by atoms with van der Waals surface area (Å²) in [5.74, 6) is 0.728. The quantitative estimate of drug-likeness (QED) is 0.688. The summed E-state index contributed by atoms with van der Waals surface area (Å²) in [7, 11) is 0. The molecule has 0 amide bonds. The Hall–Kier alpha value is -0.990. The van der Waals surface area contributed by atoms with Gasteiger partial charge in [0.15, 0.2) is 0 Å². The minimum absolute atomic E-state index is 0.255. The molecule has 0 aliphatic carbocycles. The van der Waals surface area contributed by atoms with E-state index in [0.717, 1.165) is 18.8 Å². The van der Waals surface area contributed by atoms with E-state index in [1.54, 1.807) is 0 Å². The smallest absolute Gasteiger partial charge is 0.232 e. The summed E-state index contributed by atoms with van der Waals surface area (Å²) in [6.07, 6.45) is 3.20. The van der Waals surface area contributed by atoms with Crippen molar-refractivity contribution in [3.05, 3.63) is 12.3 Å². The average Bonchev–Trinajstić information content (AvgIpc) is 2.52. The zero-order valence-corrected chi connectivity index (χ0v) is 7.95. The molecule has 1 atom stereocenters. The third kappa shape index (κ3) is 2.26. The second-order valence-corrected chi connectivity index (χ2v) is 2.85. The SMILES string of the molecule is CC[C@@H](C)Oc1ccn(CC)n1. The molecule has 0 aliphatic heterocycles. The number of aryl methyl sites for hydroxylation is 1. The molecule has 1 aromatic rings. The largest absolute Gasteiger partial charge is 0.474 e. The minimum Gasteiger partial charge on any atom is -0.474 e. The van der Waals surface area contributed by atoms with Crippen molar-refractivity contribution in [2.24, 2.45) is 0 Å². The molecule has 0 saturated carbocycles. The maximum absolute atomic E-state index is 5.51. The first-order valence-corrected chi connectivity index (χ1v) is 4.46. The van der Waals surface area contributed by atoms with Gasteiger partial charge in [-0.2, -0.15) is 0 Å². The molecule has 0 saturated heterocycles. The van der Waals surface area contributed by atoms with E-state index in [1.165, 1.54) is 0 Å². The van der Waals surface area contributed by atoms with E-state index in [4.69, 9.17) is 4.74 Å². The van der Waals surface area contributed by atoms with Crippen LogP contribution in [-0.4, -0.2) is 15.9 Å². The van der Waals surface area contributed by atoms with Crippen LogP contribution >= 0.6 is 0 Å². The van der Waals surface area contributed by atoms with Gasteiger partial charge in [-0.1, -0.05) is 6.92 Å². The highest BCUT2D eigenvalue weighted by molar-refractivity contribution is 5.05. The van der Waals surface area contributed by atoms with Crippen molar-refractivity contribution < 1.29 is 4.74 Å². The normalized spacial score (nSPS) is 12.9. The van der Waals surface area contributed by atoms with Gasteiger partial charge >= 0.3 is 0 Å². The first kappa shape index (κ1) is 9.10. The molecule has 1 rings (SSSR count). The molecular weight excluding hydrogens is 152 g/mol. The van der Waals surface area contributed by atoms with Crippen LogP contribution in [0.15, 0.2) is 12.3 Å². The lowest BCUT2D eigenvalue weighted by atomic mass is 10.3. The molecule has 0 aliphatic rings. The molecule has 0 bridgehead atoms. The van der Waals surface area contributed by atoms with Gasteiger partial charge in [-0.15, -0.1) is 5.10 Å². The Bertz CT molecular complexity index is 232. The van der Waals surface area contributed by atoms with Gasteiger partial charge in [0.05, 0.1) is 6.10 Å². The van der Waals surface area contributed by atoms with Crippen LogP contribution in [-0.2, 0) is 6.54 Å². The molecule has 3 heteroatoms. The lowest BCUT2D eigenvalue weighted by molar-refractivity contribution is 0.206. The maximum Gasteiger partial charge on any atom is 0.232 e. The molecule has 0 spiro atoms. The van der Waals surface area contributed by atoms with Crippen LogP contribution in [0.5, 0.6) is 5.88 Å². The molecule has 0 aromatic carbocycles. The summed E-state index contributed by atoms with van der Waals surface area (Å²) in [4.78, 5) is 0. The number of nitrogens with zero attached hydrogens (tertiary/aromatic N) is 2. The Labute approximate surface area is 73.3 Å². The summed E-state index contributed by atoms with van der Waals surface area (Å²) >= 11 is 0. The van der Waals surface area contributed by atoms with Crippen molar-refractivity contribution in [3.63, 3.8) is 0 Å². The van der Waals surface area contributed by atoms with E-state index in [-0.39, 0.29) is 6.10 Å². The standard InChI is InChI=1S/C9H16N2O/c1-4-8(3)12-9-6-7-11(5-2)10-9/h6-8H,4-5H2,1-3H3/t8-/m1/s1. The van der Waals surface area contributed by atoms with Gasteiger partial charge in [0.25, 0.3) is 0 Å². The Balaban J connectivity index is 2.52. The molecule has 3 nitrogen and oxygen atoms in total. The minimum atomic E-state index is 0.255. The van der Waals surface area contributed by atoms with E-state index in [2.05, 4.69) is 18.9 Å². The highest BCUT2D eigenvalue weighted by Gasteiger charge is 2.02. The van der Waals surface area contributed by atoms with Gasteiger partial charge in [0, 0.05) is 18.8 Å². The second-order valence-electron chi connectivity index (χ2n) is 2.85. The Kier molecular flexibility index (Phi) is 3.14. The van der Waals surface area contributed by atoms with E-state index in [9.17, 15) is 0 Å². The van der Waals surface area contributed by atoms with Gasteiger partial charge in [0.1, 0.15) is 0 Å². The fourth-order valence-electron chi connectivity index (χ4n) is 0.871. The van der Waals surface area contributed by atoms with Crippen molar-refractivity contribution in [2.45, 2.75) is 39.8 Å². The summed E-state index contributed by atoms with van der Waals surface area (Å²) in [6, 6.07) is 1.90. The maximum atomic E-state index is 5.51. The average molecular weight is 168 g/mol. The van der Waals surface area contributed by atoms with E-state index >= 15 is 0 Å². The molecule has 12 heavy (non-hydrogen) atoms. The summed E-state index contributed by atoms with van der Waals surface area (Å²) in [6.45, 7) is 7.09. The first-order valence-electron chi connectivity index (χ1n) is 4.46. The third-order valence-electron chi connectivity index (χ3n) is 1.84. The van der Waals surface area contributed by atoms with Crippen molar-refractivity contribution in [1.29, 1.82) is 0 Å². The predicted molar refractivity (Wildman–Crippen MR) is 48.3 cm³/mol. The van der Waals surface area contributed by atoms with Gasteiger partial charge < -0.3 is 4.74 Å². The number of hydrogen-bond donors (Lipinski definition) is 0. The molecule has 1 heterocycles. The molecule has 0 unspecified atom stereocenters. The molecule has 68 valence electrons. The van der Waals surface area contributed by atoms with E-state index in [0.29, 0.717) is 0 Å². The molecule has 0 fully saturated rings. The fourth-order valence-corrected chi connectivity index (χ4v) is 0.871. The summed E-state index contributed by atoms with van der Waals surface area (Å²) < 4.78 is 7.37. The Morgan fingerprint density at radius 2 is 2.33 bits per heavy atom. The Morgan fingerprint density at radius 3 is 2.83 bits per heavy atom. The molecule has 0 radical (unpaired) electrons. The number of rotatable bonds is 4. The van der Waals surface area contributed by atoms with Crippen molar-refractivity contribution in [3.8, 4) is 5.88 Å². The number of hydrogen-bond acceptors (Lipinski definition) is 2. The fraction of sp³-hybridized carbons (Fsp3) is 0.667. The van der Waals surface area contributed by atoms with Crippen LogP contribution in [0.3, 0.4) is 0 Å². The van der Waals surface area contributed by atoms with Gasteiger partial charge in [0.2, 0.25) is 5.88 Å². The van der Waals surface area contributed by atoms with E-state index in [1.807, 2.05) is 23.9 Å². The monoisotopic (exact) mass is 168 g/mol. The van der Waals surface area contributed by atoms with Crippen molar-refractivity contribution >= 4 is 0 Å². The van der Waals surface area contributed by atoms with Gasteiger partial charge in [-0.3, -0.25) is 4.68 Å². The van der Waals surface area contributed by atoms with Crippen LogP contribution in [0.4, 0.5) is 0 Å². The van der Waals surface area contributed by atoms with Crippen LogP contribution in [0.2, 0.25) is 0 Å². The van der Waals surface area contributed by atoms with Gasteiger partial charge in [-0.05, 0) is 20.3 Å². The predicted octanol–water partition coefficient (Wildman–Crippen LogP) is 2.08. The number of ether oxygens (including phenoxy) is 1. The molecule has 1 aromatic heterocycles. The van der Waals surface area contributed by atoms with Crippen LogP contribution in [0.1, 0.15) is 27.2 Å². The topological polar surface area (TPSA) is 27.1 Å². The highest BCUT2D eigenvalue weighted by atomic mass is 16.5. The van der Waals surface area contributed by atoms with Crippen molar-refractivity contribution in [1.82, 2.24) is 9.78 Å². The van der Waals surface area contributed by atoms with Crippen LogP contribution in [0.25, 0.3) is 0 Å². The second kappa shape index (κ2) is 4.14. The summed E-state index contributed by atoms with van der Waals surface area (Å²) in [5.41, 5.74) is 0. The van der Waals surface area contributed by atoms with Crippen LogP contribution in [0, 0.1) is 0 Å². The van der Waals surface area contributed by atoms with Gasteiger partial charge in [-0.25, -0.2) is 0 Å². The first-order chi connectivity index (χ1) is 5.76. The van der Waals surface area contributed by atoms with E-state index < -0.39 is 0 Å². The Morgan fingerprint density at radius 1 is 1.58 bits per heavy atom. The zero-order chi connectivity index (χ0) is 8.97. The molecule has 0 N–H and O–H groups in total.